The van der Waals surface area contributed by atoms with E-state index in [1.165, 1.54) is 25.7 Å². The van der Waals surface area contributed by atoms with Crippen LogP contribution in [0.3, 0.4) is 0 Å². The minimum absolute atomic E-state index is 0.591. The van der Waals surface area contributed by atoms with Crippen LogP contribution >= 0.6 is 11.3 Å². The molecule has 5 nitrogen and oxygen atoms in total. The summed E-state index contributed by atoms with van der Waals surface area (Å²) in [6.45, 7) is 0. The molecule has 0 saturated carbocycles. The number of aromatic nitrogens is 3. The minimum Gasteiger partial charge on any atom is -0.456 e. The molecule has 0 aliphatic carbocycles. The van der Waals surface area contributed by atoms with Gasteiger partial charge in [-0.3, -0.25) is 0 Å². The van der Waals surface area contributed by atoms with Crippen molar-refractivity contribution in [3.63, 3.8) is 0 Å². The van der Waals surface area contributed by atoms with Crippen LogP contribution in [0.1, 0.15) is 0 Å². The molecule has 57 heavy (non-hydrogen) atoms. The van der Waals surface area contributed by atoms with Crippen molar-refractivity contribution in [3.05, 3.63) is 176 Å². The van der Waals surface area contributed by atoms with E-state index in [1.807, 2.05) is 78.1 Å². The molecule has 0 atom stereocenters. The largest absolute Gasteiger partial charge is 0.456 e. The number of furan rings is 2. The number of nitrogens with zero attached hydrogens (tertiary/aromatic N) is 3. The Kier molecular flexibility index (Phi) is 7.03. The molecular formula is C51H29N3O2S. The first kappa shape index (κ1) is 31.9. The van der Waals surface area contributed by atoms with Crippen molar-refractivity contribution in [1.82, 2.24) is 15.0 Å². The Morgan fingerprint density at radius 2 is 0.912 bits per heavy atom. The highest BCUT2D eigenvalue weighted by Crippen LogP contribution is 2.44. The van der Waals surface area contributed by atoms with Crippen LogP contribution in [-0.4, -0.2) is 15.0 Å². The van der Waals surface area contributed by atoms with Gasteiger partial charge >= 0.3 is 0 Å². The summed E-state index contributed by atoms with van der Waals surface area (Å²) < 4.78 is 15.5. The first-order chi connectivity index (χ1) is 28.2. The second-order valence-corrected chi connectivity index (χ2v) is 15.4. The molecule has 0 saturated heterocycles. The van der Waals surface area contributed by atoms with Gasteiger partial charge in [0.2, 0.25) is 0 Å². The van der Waals surface area contributed by atoms with Crippen LogP contribution in [0.5, 0.6) is 0 Å². The molecule has 0 bridgehead atoms. The molecule has 0 amide bonds. The molecule has 4 aromatic heterocycles. The molecule has 12 aromatic rings. The van der Waals surface area contributed by atoms with Crippen LogP contribution in [0.2, 0.25) is 0 Å². The fourth-order valence-electron chi connectivity index (χ4n) is 8.29. The van der Waals surface area contributed by atoms with E-state index in [0.29, 0.717) is 17.5 Å². The molecule has 6 heteroatoms. The van der Waals surface area contributed by atoms with Gasteiger partial charge in [0.05, 0.1) is 0 Å². The molecule has 266 valence electrons. The van der Waals surface area contributed by atoms with Crippen molar-refractivity contribution in [2.75, 3.05) is 0 Å². The molecule has 8 aromatic carbocycles. The number of hydrogen-bond acceptors (Lipinski definition) is 6. The van der Waals surface area contributed by atoms with Gasteiger partial charge in [-0.2, -0.15) is 0 Å². The van der Waals surface area contributed by atoms with Gasteiger partial charge in [-0.05, 0) is 59.2 Å². The zero-order valence-electron chi connectivity index (χ0n) is 30.3. The summed E-state index contributed by atoms with van der Waals surface area (Å²) in [6, 6.07) is 60.9. The van der Waals surface area contributed by atoms with Crippen molar-refractivity contribution < 1.29 is 8.83 Å². The number of fused-ring (bicyclic) bond motifs is 9. The average Bonchev–Trinajstić information content (AvgIpc) is 3.98. The lowest BCUT2D eigenvalue weighted by atomic mass is 9.93. The van der Waals surface area contributed by atoms with Gasteiger partial charge in [0.1, 0.15) is 22.3 Å². The molecule has 0 aliphatic heterocycles. The molecule has 4 heterocycles. The van der Waals surface area contributed by atoms with Crippen LogP contribution in [0.25, 0.3) is 120 Å². The van der Waals surface area contributed by atoms with E-state index in [1.54, 1.807) is 0 Å². The third-order valence-electron chi connectivity index (χ3n) is 11.0. The number of hydrogen-bond donors (Lipinski definition) is 0. The summed E-state index contributed by atoms with van der Waals surface area (Å²) in [5, 5.41) is 6.79. The van der Waals surface area contributed by atoms with Crippen LogP contribution in [0, 0.1) is 0 Å². The molecule has 0 fully saturated rings. The molecule has 0 radical (unpaired) electrons. The Labute approximate surface area is 330 Å². The first-order valence-electron chi connectivity index (χ1n) is 18.9. The molecule has 0 unspecified atom stereocenters. The van der Waals surface area contributed by atoms with E-state index >= 15 is 0 Å². The van der Waals surface area contributed by atoms with Gasteiger partial charge in [-0.25, -0.2) is 15.0 Å². The SMILES string of the molecule is c1ccc(-c2nc(-c3ccc(-c4ccc(-c5ccc6sc7ccccc7c6c5)c5c4oc4ccccc45)cc3)nc(-c3cccc4oc5ccccc5c34)n2)cc1. The Hall–Kier alpha value is -7.41. The Morgan fingerprint density at radius 3 is 1.72 bits per heavy atom. The summed E-state index contributed by atoms with van der Waals surface area (Å²) in [5.41, 5.74) is 10.5. The Bertz CT molecular complexity index is 3530. The monoisotopic (exact) mass is 747 g/mol. The average molecular weight is 748 g/mol. The molecular weight excluding hydrogens is 719 g/mol. The molecule has 0 spiro atoms. The van der Waals surface area contributed by atoms with Gasteiger partial charge in [0, 0.05) is 64.0 Å². The quantitative estimate of drug-likeness (QED) is 0.175. The highest BCUT2D eigenvalue weighted by Gasteiger charge is 2.20. The Morgan fingerprint density at radius 1 is 0.333 bits per heavy atom. The maximum Gasteiger partial charge on any atom is 0.164 e. The highest BCUT2D eigenvalue weighted by molar-refractivity contribution is 7.25. The topological polar surface area (TPSA) is 65.0 Å². The van der Waals surface area contributed by atoms with E-state index in [4.69, 9.17) is 23.8 Å². The normalized spacial score (nSPS) is 11.9. The van der Waals surface area contributed by atoms with Gasteiger partial charge in [0.15, 0.2) is 17.5 Å². The van der Waals surface area contributed by atoms with Crippen molar-refractivity contribution in [1.29, 1.82) is 0 Å². The van der Waals surface area contributed by atoms with Crippen LogP contribution in [0.4, 0.5) is 0 Å². The van der Waals surface area contributed by atoms with E-state index in [-0.39, 0.29) is 0 Å². The number of thiophene rings is 1. The second kappa shape index (κ2) is 12.6. The summed E-state index contributed by atoms with van der Waals surface area (Å²) in [5.74, 6) is 1.79. The molecule has 0 aliphatic rings. The van der Waals surface area contributed by atoms with Gasteiger partial charge in [-0.1, -0.05) is 133 Å². The van der Waals surface area contributed by atoms with Crippen molar-refractivity contribution in [3.8, 4) is 56.4 Å². The summed E-state index contributed by atoms with van der Waals surface area (Å²) >= 11 is 1.84. The second-order valence-electron chi connectivity index (χ2n) is 14.3. The lowest BCUT2D eigenvalue weighted by Gasteiger charge is -2.11. The minimum atomic E-state index is 0.591. The zero-order valence-corrected chi connectivity index (χ0v) is 31.1. The number of rotatable bonds is 5. The third kappa shape index (κ3) is 5.12. The number of benzene rings is 8. The summed E-state index contributed by atoms with van der Waals surface area (Å²) in [7, 11) is 0. The fraction of sp³-hybridized carbons (Fsp3) is 0. The zero-order chi connectivity index (χ0) is 37.5. The van der Waals surface area contributed by atoms with Crippen molar-refractivity contribution >= 4 is 75.4 Å². The predicted octanol–water partition coefficient (Wildman–Crippen LogP) is 14.4. The number of para-hydroxylation sites is 2. The van der Waals surface area contributed by atoms with Gasteiger partial charge < -0.3 is 8.83 Å². The van der Waals surface area contributed by atoms with Crippen LogP contribution < -0.4 is 0 Å². The van der Waals surface area contributed by atoms with E-state index in [9.17, 15) is 0 Å². The van der Waals surface area contributed by atoms with Gasteiger partial charge in [-0.15, -0.1) is 11.3 Å². The van der Waals surface area contributed by atoms with E-state index in [2.05, 4.69) is 109 Å². The van der Waals surface area contributed by atoms with Crippen molar-refractivity contribution in [2.24, 2.45) is 0 Å². The maximum atomic E-state index is 6.71. The Balaban J connectivity index is 0.996. The summed E-state index contributed by atoms with van der Waals surface area (Å²) in [6.07, 6.45) is 0. The summed E-state index contributed by atoms with van der Waals surface area (Å²) in [4.78, 5) is 15.2. The van der Waals surface area contributed by atoms with Crippen LogP contribution in [0.15, 0.2) is 185 Å². The fourth-order valence-corrected chi connectivity index (χ4v) is 9.38. The van der Waals surface area contributed by atoms with E-state index < -0.39 is 0 Å². The third-order valence-corrected chi connectivity index (χ3v) is 12.1. The standard InChI is InChI=1S/C51H29N3O2S/c1-2-11-31(12-3-1)49-52-50(54-51(53-49)39-16-10-19-43-46(39)37-14-4-7-17-41(37)55-43)32-23-21-30(22-24-32)35-27-26-34(47-38-15-5-8-18-42(38)56-48(35)47)33-25-28-45-40(29-33)36-13-6-9-20-44(36)57-45/h1-29H. The highest BCUT2D eigenvalue weighted by atomic mass is 32.1. The van der Waals surface area contributed by atoms with Crippen molar-refractivity contribution in [2.45, 2.75) is 0 Å². The van der Waals surface area contributed by atoms with E-state index in [0.717, 1.165) is 77.3 Å². The molecule has 0 N–H and O–H groups in total. The molecule has 12 rings (SSSR count). The van der Waals surface area contributed by atoms with Gasteiger partial charge in [0.25, 0.3) is 0 Å². The first-order valence-corrected chi connectivity index (χ1v) is 19.7. The maximum absolute atomic E-state index is 6.71. The van der Waals surface area contributed by atoms with Crippen LogP contribution in [-0.2, 0) is 0 Å². The smallest absolute Gasteiger partial charge is 0.164 e. The lowest BCUT2D eigenvalue weighted by Crippen LogP contribution is -2.00. The predicted molar refractivity (Wildman–Crippen MR) is 234 cm³/mol. The lowest BCUT2D eigenvalue weighted by molar-refractivity contribution is 0.669.